The number of hydrogen-bond acceptors (Lipinski definition) is 5. The fourth-order valence-corrected chi connectivity index (χ4v) is 4.72. The van der Waals surface area contributed by atoms with Crippen molar-refractivity contribution in [3.63, 3.8) is 0 Å². The molecule has 0 saturated heterocycles. The van der Waals surface area contributed by atoms with E-state index >= 15 is 0 Å². The molecule has 162 valence electrons. The zero-order valence-electron chi connectivity index (χ0n) is 18.2. The lowest BCUT2D eigenvalue weighted by Gasteiger charge is -2.19. The number of nitrogens with one attached hydrogen (secondary N) is 1. The summed E-state index contributed by atoms with van der Waals surface area (Å²) in [4.78, 5) is 26.3. The molecule has 1 N–H and O–H groups in total. The first-order chi connectivity index (χ1) is 14.8. The van der Waals surface area contributed by atoms with E-state index < -0.39 is 5.97 Å². The summed E-state index contributed by atoms with van der Waals surface area (Å²) in [5.74, 6) is -0.323. The molecule has 3 aromatic rings. The van der Waals surface area contributed by atoms with Gasteiger partial charge >= 0.3 is 5.97 Å². The normalized spacial score (nSPS) is 11.2. The van der Waals surface area contributed by atoms with Crippen LogP contribution in [-0.4, -0.2) is 24.2 Å². The van der Waals surface area contributed by atoms with Gasteiger partial charge in [-0.2, -0.15) is 0 Å². The molecule has 0 aliphatic heterocycles. The van der Waals surface area contributed by atoms with Crippen LogP contribution in [0, 0.1) is 0 Å². The highest BCUT2D eigenvalue weighted by molar-refractivity contribution is 8.00. The van der Waals surface area contributed by atoms with Crippen LogP contribution >= 0.6 is 23.1 Å². The number of carbonyl (C=O) groups is 2. The van der Waals surface area contributed by atoms with E-state index in [1.165, 1.54) is 28.7 Å². The van der Waals surface area contributed by atoms with Crippen LogP contribution in [0.4, 0.5) is 5.00 Å². The maximum Gasteiger partial charge on any atom is 0.341 e. The minimum Gasteiger partial charge on any atom is -0.462 e. The zero-order chi connectivity index (χ0) is 22.4. The van der Waals surface area contributed by atoms with Gasteiger partial charge < -0.3 is 10.1 Å². The molecular weight excluding hydrogens is 426 g/mol. The first kappa shape index (κ1) is 23.1. The Morgan fingerprint density at radius 3 is 2.32 bits per heavy atom. The fourth-order valence-electron chi connectivity index (χ4n) is 3.05. The van der Waals surface area contributed by atoms with Crippen LogP contribution in [0.25, 0.3) is 11.1 Å². The molecule has 4 nitrogen and oxygen atoms in total. The van der Waals surface area contributed by atoms with Crippen LogP contribution in [0.15, 0.2) is 64.9 Å². The van der Waals surface area contributed by atoms with Crippen molar-refractivity contribution < 1.29 is 14.3 Å². The van der Waals surface area contributed by atoms with Crippen molar-refractivity contribution in [2.75, 3.05) is 17.7 Å². The number of carbonyl (C=O) groups excluding carboxylic acids is 2. The predicted octanol–water partition coefficient (Wildman–Crippen LogP) is 6.62. The molecule has 1 amide bonds. The molecule has 0 aliphatic carbocycles. The Morgan fingerprint density at radius 1 is 1.03 bits per heavy atom. The lowest BCUT2D eigenvalue weighted by molar-refractivity contribution is -0.113. The van der Waals surface area contributed by atoms with Gasteiger partial charge in [-0.3, -0.25) is 4.79 Å². The largest absolute Gasteiger partial charge is 0.462 e. The molecule has 2 aromatic carbocycles. The summed E-state index contributed by atoms with van der Waals surface area (Å²) in [7, 11) is 0. The highest BCUT2D eigenvalue weighted by atomic mass is 32.2. The summed E-state index contributed by atoms with van der Waals surface area (Å²) in [6, 6.07) is 17.9. The van der Waals surface area contributed by atoms with Crippen LogP contribution in [0.3, 0.4) is 0 Å². The van der Waals surface area contributed by atoms with Crippen molar-refractivity contribution in [2.45, 2.75) is 38.0 Å². The van der Waals surface area contributed by atoms with Gasteiger partial charge in [0, 0.05) is 15.8 Å². The molecule has 0 bridgehead atoms. The summed E-state index contributed by atoms with van der Waals surface area (Å²) in [6.07, 6.45) is 0. The number of thioether (sulfide) groups is 1. The van der Waals surface area contributed by atoms with E-state index in [4.69, 9.17) is 4.74 Å². The minimum atomic E-state index is -0.427. The summed E-state index contributed by atoms with van der Waals surface area (Å²) in [6.45, 7) is 8.57. The standard InChI is InChI=1S/C25H27NO3S2/c1-5-29-24(28)22-20(17-9-7-6-8-10-17)15-31-23(22)26-21(27)16-30-19-13-11-18(12-14-19)25(2,3)4/h6-15H,5,16H2,1-4H3,(H,26,27). The van der Waals surface area contributed by atoms with Crippen molar-refractivity contribution in [3.05, 3.63) is 71.1 Å². The molecule has 0 saturated carbocycles. The number of amides is 1. The average Bonchev–Trinajstić information content (AvgIpc) is 3.16. The number of anilines is 1. The third-order valence-corrected chi connectivity index (χ3v) is 6.61. The van der Waals surface area contributed by atoms with E-state index in [1.54, 1.807) is 6.92 Å². The van der Waals surface area contributed by atoms with E-state index in [2.05, 4.69) is 38.2 Å². The van der Waals surface area contributed by atoms with Gasteiger partial charge in [-0.05, 0) is 35.6 Å². The van der Waals surface area contributed by atoms with E-state index in [9.17, 15) is 9.59 Å². The van der Waals surface area contributed by atoms with Crippen LogP contribution in [-0.2, 0) is 14.9 Å². The Labute approximate surface area is 192 Å². The average molecular weight is 454 g/mol. The minimum absolute atomic E-state index is 0.0969. The van der Waals surface area contributed by atoms with Crippen molar-refractivity contribution in [3.8, 4) is 11.1 Å². The van der Waals surface area contributed by atoms with Crippen LogP contribution in [0.1, 0.15) is 43.6 Å². The fraction of sp³-hybridized carbons (Fsp3) is 0.280. The maximum atomic E-state index is 12.6. The second-order valence-corrected chi connectivity index (χ2v) is 9.98. The van der Waals surface area contributed by atoms with Gasteiger partial charge in [-0.25, -0.2) is 4.79 Å². The number of thiophene rings is 1. The van der Waals surface area contributed by atoms with Gasteiger partial charge in [-0.15, -0.1) is 23.1 Å². The molecule has 0 aliphatic rings. The number of ether oxygens (including phenoxy) is 1. The monoisotopic (exact) mass is 453 g/mol. The van der Waals surface area contributed by atoms with Crippen LogP contribution in [0.5, 0.6) is 0 Å². The maximum absolute atomic E-state index is 12.6. The molecule has 1 aromatic heterocycles. The zero-order valence-corrected chi connectivity index (χ0v) is 19.9. The Kier molecular flexibility index (Phi) is 7.57. The number of hydrogen-bond donors (Lipinski definition) is 1. The molecule has 31 heavy (non-hydrogen) atoms. The molecule has 0 fully saturated rings. The van der Waals surface area contributed by atoms with E-state index in [0.29, 0.717) is 10.6 Å². The van der Waals surface area contributed by atoms with Gasteiger partial charge in [0.15, 0.2) is 0 Å². The lowest BCUT2D eigenvalue weighted by atomic mass is 9.87. The van der Waals surface area contributed by atoms with Crippen LogP contribution in [0.2, 0.25) is 0 Å². The van der Waals surface area contributed by atoms with Crippen molar-refractivity contribution >= 4 is 40.0 Å². The second-order valence-electron chi connectivity index (χ2n) is 8.05. The van der Waals surface area contributed by atoms with E-state index in [-0.39, 0.29) is 23.7 Å². The molecule has 0 spiro atoms. The first-order valence-corrected chi connectivity index (χ1v) is 12.0. The van der Waals surface area contributed by atoms with Gasteiger partial charge in [0.2, 0.25) is 5.91 Å². The molecule has 3 rings (SSSR count). The van der Waals surface area contributed by atoms with Crippen molar-refractivity contribution in [2.24, 2.45) is 0 Å². The summed E-state index contributed by atoms with van der Waals surface area (Å²) in [5, 5.41) is 5.31. The molecule has 0 unspecified atom stereocenters. The molecule has 6 heteroatoms. The smallest absolute Gasteiger partial charge is 0.341 e. The van der Waals surface area contributed by atoms with Crippen molar-refractivity contribution in [1.82, 2.24) is 0 Å². The highest BCUT2D eigenvalue weighted by Crippen LogP contribution is 2.36. The van der Waals surface area contributed by atoms with Gasteiger partial charge in [0.25, 0.3) is 0 Å². The lowest BCUT2D eigenvalue weighted by Crippen LogP contribution is -2.16. The number of benzene rings is 2. The first-order valence-electron chi connectivity index (χ1n) is 10.2. The van der Waals surface area contributed by atoms with Crippen LogP contribution < -0.4 is 5.32 Å². The molecular formula is C25H27NO3S2. The van der Waals surface area contributed by atoms with Gasteiger partial charge in [-0.1, -0.05) is 63.2 Å². The molecule has 0 radical (unpaired) electrons. The highest BCUT2D eigenvalue weighted by Gasteiger charge is 2.22. The number of esters is 1. The summed E-state index contributed by atoms with van der Waals surface area (Å²) < 4.78 is 5.25. The Bertz CT molecular complexity index is 1030. The predicted molar refractivity (Wildman–Crippen MR) is 130 cm³/mol. The summed E-state index contributed by atoms with van der Waals surface area (Å²) >= 11 is 2.81. The quantitative estimate of drug-likeness (QED) is 0.323. The number of rotatable bonds is 7. The van der Waals surface area contributed by atoms with Gasteiger partial charge in [0.05, 0.1) is 12.4 Å². The second kappa shape index (κ2) is 10.2. The Morgan fingerprint density at radius 2 is 1.71 bits per heavy atom. The third kappa shape index (κ3) is 5.99. The third-order valence-electron chi connectivity index (χ3n) is 4.70. The topological polar surface area (TPSA) is 55.4 Å². The van der Waals surface area contributed by atoms with E-state index in [1.807, 2.05) is 47.8 Å². The van der Waals surface area contributed by atoms with Gasteiger partial charge in [0.1, 0.15) is 10.6 Å². The van der Waals surface area contributed by atoms with Crippen molar-refractivity contribution in [1.29, 1.82) is 0 Å². The van der Waals surface area contributed by atoms with E-state index in [0.717, 1.165) is 16.0 Å². The molecule has 0 atom stereocenters. The summed E-state index contributed by atoms with van der Waals surface area (Å²) in [5.41, 5.74) is 3.44. The molecule has 1 heterocycles. The Hall–Kier alpha value is -2.57. The Balaban J connectivity index is 1.72. The SMILES string of the molecule is CCOC(=O)c1c(-c2ccccc2)csc1NC(=O)CSc1ccc(C(C)(C)C)cc1.